The Labute approximate surface area is 141 Å². The van der Waals surface area contributed by atoms with E-state index in [4.69, 9.17) is 5.11 Å². The first-order valence-electron chi connectivity index (χ1n) is 6.82. The number of nitrogens with zero attached hydrogens (tertiary/aromatic N) is 1. The maximum atomic E-state index is 11.8. The van der Waals surface area contributed by atoms with Crippen molar-refractivity contribution in [2.45, 2.75) is 26.8 Å². The lowest BCUT2D eigenvalue weighted by Crippen LogP contribution is -2.45. The van der Waals surface area contributed by atoms with Crippen molar-refractivity contribution in [1.82, 2.24) is 10.2 Å². The number of anilines is 1. The van der Waals surface area contributed by atoms with Crippen molar-refractivity contribution in [1.29, 1.82) is 0 Å². The van der Waals surface area contributed by atoms with Crippen LogP contribution in [0, 0.1) is 13.8 Å². The molecule has 0 bridgehead atoms. The molecule has 1 unspecified atom stereocenters. The Balaban J connectivity index is 0.00000484. The summed E-state index contributed by atoms with van der Waals surface area (Å²) in [4.78, 5) is 35.7. The Morgan fingerprint density at radius 3 is 2.43 bits per heavy atom. The number of hydrogen-bond acceptors (Lipinski definition) is 4. The number of carbonyl (C=O) groups is 3. The maximum absolute atomic E-state index is 11.8. The summed E-state index contributed by atoms with van der Waals surface area (Å²) >= 11 is 0. The third-order valence-electron chi connectivity index (χ3n) is 3.52. The van der Waals surface area contributed by atoms with E-state index in [1.807, 2.05) is 26.0 Å². The minimum Gasteiger partial charge on any atom is -0.480 e. The number of benzene rings is 1. The summed E-state index contributed by atoms with van der Waals surface area (Å²) in [5.74, 6) is -1.60. The number of hydrogen-bond donors (Lipinski definition) is 3. The smallest absolute Gasteiger partial charge is 0.325 e. The van der Waals surface area contributed by atoms with E-state index in [0.29, 0.717) is 5.69 Å². The van der Waals surface area contributed by atoms with Crippen molar-refractivity contribution < 1.29 is 19.5 Å². The zero-order valence-electron chi connectivity index (χ0n) is 13.5. The number of carboxylic acid groups (broad SMARTS) is 1. The quantitative estimate of drug-likeness (QED) is 0.757. The lowest BCUT2D eigenvalue weighted by Gasteiger charge is -2.20. The predicted molar refractivity (Wildman–Crippen MR) is 90.1 cm³/mol. The zero-order valence-corrected chi connectivity index (χ0v) is 14.4. The maximum Gasteiger partial charge on any atom is 0.325 e. The van der Waals surface area contributed by atoms with Crippen LogP contribution in [0.3, 0.4) is 0 Å². The largest absolute Gasteiger partial charge is 0.480 e. The monoisotopic (exact) mass is 343 g/mol. The number of imide groups is 1. The third kappa shape index (κ3) is 6.25. The summed E-state index contributed by atoms with van der Waals surface area (Å²) < 4.78 is 0. The fraction of sp³-hybridized carbons (Fsp3) is 0.400. The van der Waals surface area contributed by atoms with Gasteiger partial charge in [-0.25, -0.2) is 4.79 Å². The Kier molecular flexibility index (Phi) is 8.28. The molecule has 23 heavy (non-hydrogen) atoms. The highest BCUT2D eigenvalue weighted by molar-refractivity contribution is 6.02. The molecule has 128 valence electrons. The molecule has 3 N–H and O–H groups in total. The summed E-state index contributed by atoms with van der Waals surface area (Å²) in [6, 6.07) is 4.02. The average Bonchev–Trinajstić information content (AvgIpc) is 2.42. The first-order chi connectivity index (χ1) is 10.2. The van der Waals surface area contributed by atoms with Gasteiger partial charge >= 0.3 is 12.0 Å². The number of amides is 3. The van der Waals surface area contributed by atoms with Gasteiger partial charge in [0.05, 0.1) is 6.54 Å². The number of nitrogens with one attached hydrogen (secondary N) is 2. The molecule has 0 saturated heterocycles. The van der Waals surface area contributed by atoms with Crippen molar-refractivity contribution in [3.05, 3.63) is 29.3 Å². The van der Waals surface area contributed by atoms with Gasteiger partial charge in [0.25, 0.3) is 0 Å². The van der Waals surface area contributed by atoms with E-state index in [2.05, 4.69) is 10.6 Å². The molecule has 8 heteroatoms. The predicted octanol–water partition coefficient (Wildman–Crippen LogP) is 1.78. The van der Waals surface area contributed by atoms with Gasteiger partial charge in [-0.15, -0.1) is 12.4 Å². The van der Waals surface area contributed by atoms with Crippen LogP contribution in [0.2, 0.25) is 0 Å². The molecule has 0 heterocycles. The number of halogens is 1. The number of carboxylic acids is 1. The number of urea groups is 1. The minimum absolute atomic E-state index is 0. The topological polar surface area (TPSA) is 98.7 Å². The Bertz CT molecular complexity index is 592. The molecule has 1 aromatic carbocycles. The van der Waals surface area contributed by atoms with E-state index in [-0.39, 0.29) is 19.0 Å². The molecule has 0 aliphatic heterocycles. The van der Waals surface area contributed by atoms with Crippen molar-refractivity contribution in [2.24, 2.45) is 0 Å². The van der Waals surface area contributed by atoms with Crippen LogP contribution in [0.4, 0.5) is 10.5 Å². The Morgan fingerprint density at radius 1 is 1.26 bits per heavy atom. The fourth-order valence-electron chi connectivity index (χ4n) is 1.76. The zero-order chi connectivity index (χ0) is 16.9. The van der Waals surface area contributed by atoms with Gasteiger partial charge in [0.2, 0.25) is 5.91 Å². The molecule has 0 aromatic heterocycles. The minimum atomic E-state index is -1.03. The molecule has 3 amide bonds. The van der Waals surface area contributed by atoms with E-state index in [0.717, 1.165) is 11.1 Å². The molecule has 1 aromatic rings. The van der Waals surface area contributed by atoms with Crippen LogP contribution in [-0.2, 0) is 9.59 Å². The summed E-state index contributed by atoms with van der Waals surface area (Å²) in [7, 11) is 1.50. The molecule has 1 atom stereocenters. The highest BCUT2D eigenvalue weighted by Crippen LogP contribution is 2.17. The van der Waals surface area contributed by atoms with Gasteiger partial charge in [-0.05, 0) is 45.0 Å². The van der Waals surface area contributed by atoms with Crippen LogP contribution >= 0.6 is 12.4 Å². The lowest BCUT2D eigenvalue weighted by molar-refractivity contribution is -0.142. The Morgan fingerprint density at radius 2 is 1.87 bits per heavy atom. The normalized spacial score (nSPS) is 11.3. The summed E-state index contributed by atoms with van der Waals surface area (Å²) in [5.41, 5.74) is 2.57. The number of likely N-dealkylation sites (N-methyl/N-ethyl adjacent to an activating group) is 1. The van der Waals surface area contributed by atoms with Gasteiger partial charge in [0.15, 0.2) is 0 Å². The van der Waals surface area contributed by atoms with Crippen LogP contribution in [0.5, 0.6) is 0 Å². The highest BCUT2D eigenvalue weighted by Gasteiger charge is 2.20. The summed E-state index contributed by atoms with van der Waals surface area (Å²) in [6.07, 6.45) is 0. The van der Waals surface area contributed by atoms with Crippen LogP contribution in [0.1, 0.15) is 18.1 Å². The first kappa shape index (κ1) is 20.9. The van der Waals surface area contributed by atoms with Crippen LogP contribution in [-0.4, -0.2) is 47.5 Å². The van der Waals surface area contributed by atoms with Gasteiger partial charge < -0.3 is 10.4 Å². The molecule has 7 nitrogen and oxygen atoms in total. The van der Waals surface area contributed by atoms with E-state index in [1.165, 1.54) is 18.9 Å². The van der Waals surface area contributed by atoms with Gasteiger partial charge in [0.1, 0.15) is 6.04 Å². The molecule has 0 aliphatic carbocycles. The molecule has 0 saturated carbocycles. The average molecular weight is 344 g/mol. The van der Waals surface area contributed by atoms with Crippen LogP contribution in [0.25, 0.3) is 0 Å². The van der Waals surface area contributed by atoms with Crippen LogP contribution in [0.15, 0.2) is 18.2 Å². The van der Waals surface area contributed by atoms with Gasteiger partial charge in [0, 0.05) is 5.69 Å². The lowest BCUT2D eigenvalue weighted by atomic mass is 10.1. The second kappa shape index (κ2) is 9.12. The van der Waals surface area contributed by atoms with E-state index < -0.39 is 23.9 Å². The standard InChI is InChI=1S/C15H21N3O4.ClH/c1-9-6-5-7-12(10(9)2)16-15(22)17-13(19)8-18(4)11(3)14(20)21;/h5-7,11H,8H2,1-4H3,(H,20,21)(H2,16,17,19,22);1H. The first-order valence-corrected chi connectivity index (χ1v) is 6.82. The third-order valence-corrected chi connectivity index (χ3v) is 3.52. The summed E-state index contributed by atoms with van der Waals surface area (Å²) in [6.45, 7) is 5.07. The molecule has 0 fully saturated rings. The van der Waals surface area contributed by atoms with Crippen molar-refractivity contribution in [2.75, 3.05) is 18.9 Å². The second-order valence-corrected chi connectivity index (χ2v) is 5.18. The molecule has 0 spiro atoms. The fourth-order valence-corrected chi connectivity index (χ4v) is 1.76. The van der Waals surface area contributed by atoms with Gasteiger partial charge in [-0.1, -0.05) is 12.1 Å². The van der Waals surface area contributed by atoms with Crippen LogP contribution < -0.4 is 10.6 Å². The molecule has 1 rings (SSSR count). The van der Waals surface area contributed by atoms with Crippen molar-refractivity contribution >= 4 is 36.0 Å². The summed E-state index contributed by atoms with van der Waals surface area (Å²) in [5, 5.41) is 13.6. The van der Waals surface area contributed by atoms with E-state index >= 15 is 0 Å². The van der Waals surface area contributed by atoms with Crippen molar-refractivity contribution in [3.63, 3.8) is 0 Å². The molecular formula is C15H22ClN3O4. The molecule has 0 radical (unpaired) electrons. The number of rotatable bonds is 5. The highest BCUT2D eigenvalue weighted by atomic mass is 35.5. The SMILES string of the molecule is Cc1cccc(NC(=O)NC(=O)CN(C)C(C)C(=O)O)c1C.Cl. The number of aliphatic carboxylic acids is 1. The second-order valence-electron chi connectivity index (χ2n) is 5.18. The van der Waals surface area contributed by atoms with Gasteiger partial charge in [-0.2, -0.15) is 0 Å². The van der Waals surface area contributed by atoms with Gasteiger partial charge in [-0.3, -0.25) is 19.8 Å². The number of aryl methyl sites for hydroxylation is 1. The number of carbonyl (C=O) groups excluding carboxylic acids is 2. The van der Waals surface area contributed by atoms with E-state index in [9.17, 15) is 14.4 Å². The Hall–Kier alpha value is -2.12. The van der Waals surface area contributed by atoms with Crippen molar-refractivity contribution in [3.8, 4) is 0 Å². The van der Waals surface area contributed by atoms with E-state index in [1.54, 1.807) is 6.07 Å². The molecular weight excluding hydrogens is 322 g/mol. The molecule has 0 aliphatic rings.